The molecule has 1 aliphatic heterocycles. The number of rotatable bonds is 4. The van der Waals surface area contributed by atoms with Crippen molar-refractivity contribution < 1.29 is 13.6 Å². The summed E-state index contributed by atoms with van der Waals surface area (Å²) in [5.41, 5.74) is 0. The van der Waals surface area contributed by atoms with Crippen molar-refractivity contribution in [1.29, 1.82) is 0 Å². The monoisotopic (exact) mass is 246 g/mol. The lowest BCUT2D eigenvalue weighted by Gasteiger charge is -2.33. The number of carbonyl (C=O) groups excluding carboxylic acids is 1. The van der Waals surface area contributed by atoms with Crippen LogP contribution in [0.5, 0.6) is 0 Å². The first-order chi connectivity index (χ1) is 8.15. The molecule has 3 nitrogen and oxygen atoms in total. The van der Waals surface area contributed by atoms with Gasteiger partial charge in [-0.05, 0) is 45.2 Å². The molecule has 5 heteroatoms. The van der Waals surface area contributed by atoms with Crippen LogP contribution in [-0.2, 0) is 4.79 Å². The summed E-state index contributed by atoms with van der Waals surface area (Å²) in [4.78, 5) is 13.6. The Morgan fingerprint density at radius 3 is 2.35 bits per heavy atom. The zero-order valence-electron chi connectivity index (χ0n) is 10.0. The molecule has 2 aliphatic rings. The second-order valence-electron chi connectivity index (χ2n) is 5.10. The summed E-state index contributed by atoms with van der Waals surface area (Å²) < 4.78 is 24.4. The Morgan fingerprint density at radius 2 is 1.88 bits per heavy atom. The van der Waals surface area contributed by atoms with Crippen molar-refractivity contribution in [2.75, 3.05) is 19.6 Å². The number of piperidine rings is 1. The Hall–Kier alpha value is -0.710. The molecular weight excluding hydrogens is 226 g/mol. The van der Waals surface area contributed by atoms with Gasteiger partial charge in [0.05, 0.1) is 6.54 Å². The molecule has 0 unspecified atom stereocenters. The van der Waals surface area contributed by atoms with Gasteiger partial charge in [0.1, 0.15) is 0 Å². The van der Waals surface area contributed by atoms with Crippen LogP contribution in [0.4, 0.5) is 8.78 Å². The number of hydrogen-bond acceptors (Lipinski definition) is 2. The van der Waals surface area contributed by atoms with E-state index >= 15 is 0 Å². The van der Waals surface area contributed by atoms with Crippen LogP contribution >= 0.6 is 0 Å². The van der Waals surface area contributed by atoms with E-state index in [0.29, 0.717) is 32.0 Å². The standard InChI is InChI=1S/C12H20F2N2O/c13-11(14)8-16-6-4-9(5-7-16)12(17)15-10-2-1-3-10/h9-11H,1-8H2,(H,15,17). The van der Waals surface area contributed by atoms with Crippen LogP contribution in [0.3, 0.4) is 0 Å². The Balaban J connectivity index is 1.68. The van der Waals surface area contributed by atoms with E-state index in [-0.39, 0.29) is 18.4 Å². The number of alkyl halides is 2. The summed E-state index contributed by atoms with van der Waals surface area (Å²) in [6.07, 6.45) is 2.55. The molecule has 1 saturated heterocycles. The second kappa shape index (κ2) is 5.76. The predicted molar refractivity (Wildman–Crippen MR) is 60.9 cm³/mol. The van der Waals surface area contributed by atoms with E-state index in [1.165, 1.54) is 6.42 Å². The number of likely N-dealkylation sites (tertiary alicyclic amines) is 1. The van der Waals surface area contributed by atoms with Crippen molar-refractivity contribution in [2.24, 2.45) is 5.92 Å². The van der Waals surface area contributed by atoms with Gasteiger partial charge in [0, 0.05) is 12.0 Å². The number of halogens is 2. The number of nitrogens with zero attached hydrogens (tertiary/aromatic N) is 1. The topological polar surface area (TPSA) is 32.3 Å². The van der Waals surface area contributed by atoms with Crippen LogP contribution in [0.2, 0.25) is 0 Å². The molecule has 1 aliphatic carbocycles. The fourth-order valence-electron chi connectivity index (χ4n) is 2.44. The molecule has 2 fully saturated rings. The summed E-state index contributed by atoms with van der Waals surface area (Å²) in [6.45, 7) is 1.08. The van der Waals surface area contributed by atoms with Crippen LogP contribution in [-0.4, -0.2) is 42.9 Å². The third-order valence-corrected chi connectivity index (χ3v) is 3.81. The minimum atomic E-state index is -2.27. The zero-order valence-corrected chi connectivity index (χ0v) is 10.0. The summed E-state index contributed by atoms with van der Waals surface area (Å²) in [6, 6.07) is 0.376. The minimum absolute atomic E-state index is 0.0320. The molecule has 0 bridgehead atoms. The molecule has 0 atom stereocenters. The van der Waals surface area contributed by atoms with Crippen LogP contribution in [0.15, 0.2) is 0 Å². The minimum Gasteiger partial charge on any atom is -0.353 e. The molecule has 0 aromatic carbocycles. The average Bonchev–Trinajstić information content (AvgIpc) is 2.23. The Morgan fingerprint density at radius 1 is 1.24 bits per heavy atom. The molecule has 17 heavy (non-hydrogen) atoms. The number of carbonyl (C=O) groups is 1. The van der Waals surface area contributed by atoms with Crippen molar-refractivity contribution in [3.63, 3.8) is 0 Å². The Bertz CT molecular complexity index is 261. The van der Waals surface area contributed by atoms with Crippen molar-refractivity contribution in [1.82, 2.24) is 10.2 Å². The van der Waals surface area contributed by atoms with Crippen molar-refractivity contribution in [2.45, 2.75) is 44.6 Å². The average molecular weight is 246 g/mol. The zero-order chi connectivity index (χ0) is 12.3. The molecule has 0 aromatic rings. The van der Waals surface area contributed by atoms with Crippen molar-refractivity contribution in [3.8, 4) is 0 Å². The first-order valence-electron chi connectivity index (χ1n) is 6.46. The maximum Gasteiger partial charge on any atom is 0.251 e. The normalized spacial score (nSPS) is 23.7. The smallest absolute Gasteiger partial charge is 0.251 e. The summed E-state index contributed by atoms with van der Waals surface area (Å²) in [5, 5.41) is 3.04. The van der Waals surface area contributed by atoms with Gasteiger partial charge in [0.15, 0.2) is 0 Å². The molecular formula is C12H20F2N2O. The first-order valence-corrected chi connectivity index (χ1v) is 6.46. The maximum atomic E-state index is 12.2. The van der Waals surface area contributed by atoms with E-state index in [4.69, 9.17) is 0 Å². The van der Waals surface area contributed by atoms with Crippen molar-refractivity contribution in [3.05, 3.63) is 0 Å². The van der Waals surface area contributed by atoms with Gasteiger partial charge in [-0.2, -0.15) is 0 Å². The van der Waals surface area contributed by atoms with E-state index in [1.807, 2.05) is 0 Å². The van der Waals surface area contributed by atoms with Gasteiger partial charge in [0.25, 0.3) is 6.43 Å². The van der Waals surface area contributed by atoms with Crippen molar-refractivity contribution >= 4 is 5.91 Å². The molecule has 98 valence electrons. The van der Waals surface area contributed by atoms with E-state index in [2.05, 4.69) is 5.32 Å². The number of nitrogens with one attached hydrogen (secondary N) is 1. The van der Waals surface area contributed by atoms with Crippen LogP contribution < -0.4 is 5.32 Å². The van der Waals surface area contributed by atoms with Crippen LogP contribution in [0, 0.1) is 5.92 Å². The highest BCUT2D eigenvalue weighted by Gasteiger charge is 2.28. The molecule has 1 saturated carbocycles. The summed E-state index contributed by atoms with van der Waals surface area (Å²) in [5.74, 6) is 0.163. The van der Waals surface area contributed by atoms with E-state index in [9.17, 15) is 13.6 Å². The SMILES string of the molecule is O=C(NC1CCC1)C1CCN(CC(F)F)CC1. The third kappa shape index (κ3) is 3.63. The van der Waals surface area contributed by atoms with E-state index in [1.54, 1.807) is 4.90 Å². The lowest BCUT2D eigenvalue weighted by atomic mass is 9.90. The molecule has 1 heterocycles. The van der Waals surface area contributed by atoms with Crippen LogP contribution in [0.25, 0.3) is 0 Å². The third-order valence-electron chi connectivity index (χ3n) is 3.81. The summed E-state index contributed by atoms with van der Waals surface area (Å²) in [7, 11) is 0. The second-order valence-corrected chi connectivity index (χ2v) is 5.10. The van der Waals surface area contributed by atoms with Gasteiger partial charge < -0.3 is 5.32 Å². The fourth-order valence-corrected chi connectivity index (χ4v) is 2.44. The van der Waals surface area contributed by atoms with Gasteiger partial charge >= 0.3 is 0 Å². The molecule has 2 rings (SSSR count). The van der Waals surface area contributed by atoms with Gasteiger partial charge in [0.2, 0.25) is 5.91 Å². The number of hydrogen-bond donors (Lipinski definition) is 1. The summed E-state index contributed by atoms with van der Waals surface area (Å²) >= 11 is 0. The quantitative estimate of drug-likeness (QED) is 0.817. The highest BCUT2D eigenvalue weighted by atomic mass is 19.3. The van der Waals surface area contributed by atoms with Gasteiger partial charge in [-0.15, -0.1) is 0 Å². The Kier molecular flexibility index (Phi) is 4.31. The van der Waals surface area contributed by atoms with E-state index in [0.717, 1.165) is 12.8 Å². The van der Waals surface area contributed by atoms with Gasteiger partial charge in [-0.3, -0.25) is 9.69 Å². The molecule has 1 N–H and O–H groups in total. The largest absolute Gasteiger partial charge is 0.353 e. The fraction of sp³-hybridized carbons (Fsp3) is 0.917. The highest BCUT2D eigenvalue weighted by molar-refractivity contribution is 5.79. The molecule has 0 spiro atoms. The Labute approximate surface area is 101 Å². The molecule has 0 radical (unpaired) electrons. The van der Waals surface area contributed by atoms with Gasteiger partial charge in [-0.1, -0.05) is 0 Å². The molecule has 0 aromatic heterocycles. The highest BCUT2D eigenvalue weighted by Crippen LogP contribution is 2.22. The molecule has 1 amide bonds. The van der Waals surface area contributed by atoms with E-state index < -0.39 is 6.43 Å². The lowest BCUT2D eigenvalue weighted by Crippen LogP contribution is -2.46. The number of amides is 1. The van der Waals surface area contributed by atoms with Crippen LogP contribution in [0.1, 0.15) is 32.1 Å². The first kappa shape index (κ1) is 12.7. The predicted octanol–water partition coefficient (Wildman–Crippen LogP) is 1.63. The van der Waals surface area contributed by atoms with Gasteiger partial charge in [-0.25, -0.2) is 8.78 Å². The lowest BCUT2D eigenvalue weighted by molar-refractivity contribution is -0.127. The maximum absolute atomic E-state index is 12.2.